The number of anilines is 1. The summed E-state index contributed by atoms with van der Waals surface area (Å²) in [5.41, 5.74) is 1.51. The van der Waals surface area contributed by atoms with Crippen LogP contribution < -0.4 is 14.4 Å². The lowest BCUT2D eigenvalue weighted by atomic mass is 9.94. The van der Waals surface area contributed by atoms with Crippen LogP contribution in [0.3, 0.4) is 0 Å². The molecule has 1 heterocycles. The summed E-state index contributed by atoms with van der Waals surface area (Å²) >= 11 is 12.5. The number of rotatable bonds is 7. The van der Waals surface area contributed by atoms with Crippen molar-refractivity contribution in [2.24, 2.45) is 0 Å². The van der Waals surface area contributed by atoms with E-state index >= 15 is 0 Å². The van der Waals surface area contributed by atoms with Gasteiger partial charge in [0, 0.05) is 16.3 Å². The minimum absolute atomic E-state index is 0.0994. The second-order valence-corrected chi connectivity index (χ2v) is 9.18. The van der Waals surface area contributed by atoms with Gasteiger partial charge in [-0.3, -0.25) is 14.5 Å². The zero-order valence-electron chi connectivity index (χ0n) is 20.4. The maximum atomic E-state index is 13.5. The lowest BCUT2D eigenvalue weighted by Gasteiger charge is -2.27. The number of Topliss-reactive ketones (excluding diaryl/α,β-unsaturated/α-hetero) is 1. The molecule has 1 saturated heterocycles. The molecule has 1 amide bonds. The van der Waals surface area contributed by atoms with Gasteiger partial charge in [-0.15, -0.1) is 0 Å². The summed E-state index contributed by atoms with van der Waals surface area (Å²) in [6.07, 6.45) is 0. The highest BCUT2D eigenvalue weighted by Crippen LogP contribution is 2.46. The van der Waals surface area contributed by atoms with E-state index in [-0.39, 0.29) is 34.3 Å². The monoisotopic (exact) mass is 541 g/mol. The average molecular weight is 542 g/mol. The molecular formula is C28H25Cl2NO6. The molecule has 0 radical (unpaired) electrons. The first-order chi connectivity index (χ1) is 17.7. The molecule has 192 valence electrons. The summed E-state index contributed by atoms with van der Waals surface area (Å²) in [5.74, 6) is -1.65. The Balaban J connectivity index is 2.00. The molecule has 4 rings (SSSR count). The van der Waals surface area contributed by atoms with Crippen LogP contribution in [0, 0.1) is 6.92 Å². The van der Waals surface area contributed by atoms with E-state index in [1.54, 1.807) is 56.3 Å². The molecule has 1 unspecified atom stereocenters. The Bertz CT molecular complexity index is 1420. The Kier molecular flexibility index (Phi) is 7.66. The van der Waals surface area contributed by atoms with Gasteiger partial charge in [0.2, 0.25) is 0 Å². The number of nitrogens with zero attached hydrogens (tertiary/aromatic N) is 1. The average Bonchev–Trinajstić information content (AvgIpc) is 3.12. The Morgan fingerprint density at radius 2 is 1.70 bits per heavy atom. The largest absolute Gasteiger partial charge is 0.507 e. The van der Waals surface area contributed by atoms with Crippen LogP contribution >= 0.6 is 23.2 Å². The molecule has 3 aromatic rings. The molecule has 1 aliphatic heterocycles. The van der Waals surface area contributed by atoms with E-state index in [0.29, 0.717) is 34.2 Å². The van der Waals surface area contributed by atoms with E-state index in [0.717, 1.165) is 0 Å². The van der Waals surface area contributed by atoms with Crippen LogP contribution in [0.2, 0.25) is 10.0 Å². The zero-order valence-corrected chi connectivity index (χ0v) is 21.9. The zero-order chi connectivity index (χ0) is 26.9. The third kappa shape index (κ3) is 4.97. The predicted octanol–water partition coefficient (Wildman–Crippen LogP) is 6.43. The molecule has 9 heteroatoms. The standard InChI is InChI=1S/C28H25Cl2NO6/c1-4-36-18-8-9-20(30)19(14-18)26(33)24-25(16-6-11-22(32)23(13-16)37-5-2)31(28(35)27(24)34)21-10-7-17(29)12-15(21)3/h6-14,25,32-33H,4-5H2,1-3H3/b26-24+. The van der Waals surface area contributed by atoms with Gasteiger partial charge in [0.15, 0.2) is 11.5 Å². The fraction of sp³-hybridized carbons (Fsp3) is 0.214. The van der Waals surface area contributed by atoms with E-state index in [1.807, 2.05) is 6.92 Å². The van der Waals surface area contributed by atoms with Gasteiger partial charge in [-0.25, -0.2) is 0 Å². The van der Waals surface area contributed by atoms with Crippen LogP contribution in [0.25, 0.3) is 5.76 Å². The molecule has 2 N–H and O–H groups in total. The number of aromatic hydroxyl groups is 1. The SMILES string of the molecule is CCOc1ccc(Cl)c(/C(O)=C2\C(=O)C(=O)N(c3ccc(Cl)cc3C)C2c2ccc(O)c(OCC)c2)c1. The van der Waals surface area contributed by atoms with Crippen LogP contribution in [-0.2, 0) is 9.59 Å². The van der Waals surface area contributed by atoms with Gasteiger partial charge in [-0.05, 0) is 80.4 Å². The van der Waals surface area contributed by atoms with Crippen LogP contribution in [0.5, 0.6) is 17.2 Å². The number of amides is 1. The Labute approximate surface area is 224 Å². The number of carbonyl (C=O) groups is 2. The first kappa shape index (κ1) is 26.4. The quantitative estimate of drug-likeness (QED) is 0.203. The second kappa shape index (κ2) is 10.7. The van der Waals surface area contributed by atoms with Crippen molar-refractivity contribution in [2.45, 2.75) is 26.8 Å². The third-order valence-electron chi connectivity index (χ3n) is 5.97. The predicted molar refractivity (Wildman–Crippen MR) is 143 cm³/mol. The number of aliphatic hydroxyl groups excluding tert-OH is 1. The van der Waals surface area contributed by atoms with Gasteiger partial charge in [-0.2, -0.15) is 0 Å². The molecule has 0 bridgehead atoms. The fourth-order valence-corrected chi connectivity index (χ4v) is 4.78. The number of aliphatic hydroxyl groups is 1. The number of phenolic OH excluding ortho intramolecular Hbond substituents is 1. The van der Waals surface area contributed by atoms with E-state index in [4.69, 9.17) is 32.7 Å². The molecular weight excluding hydrogens is 517 g/mol. The van der Waals surface area contributed by atoms with Gasteiger partial charge < -0.3 is 19.7 Å². The molecule has 1 fully saturated rings. The van der Waals surface area contributed by atoms with Crippen LogP contribution in [0.4, 0.5) is 5.69 Å². The molecule has 37 heavy (non-hydrogen) atoms. The number of ether oxygens (including phenoxy) is 2. The fourth-order valence-electron chi connectivity index (χ4n) is 4.34. The molecule has 0 spiro atoms. The number of benzene rings is 3. The second-order valence-electron chi connectivity index (χ2n) is 8.33. The van der Waals surface area contributed by atoms with Crippen molar-refractivity contribution in [1.29, 1.82) is 0 Å². The van der Waals surface area contributed by atoms with Crippen molar-refractivity contribution in [3.63, 3.8) is 0 Å². The van der Waals surface area contributed by atoms with Crippen molar-refractivity contribution < 1.29 is 29.3 Å². The summed E-state index contributed by atoms with van der Waals surface area (Å²) in [7, 11) is 0. The third-order valence-corrected chi connectivity index (χ3v) is 6.53. The molecule has 1 aliphatic rings. The first-order valence-electron chi connectivity index (χ1n) is 11.6. The van der Waals surface area contributed by atoms with Gasteiger partial charge in [0.1, 0.15) is 11.5 Å². The smallest absolute Gasteiger partial charge is 0.300 e. The summed E-state index contributed by atoms with van der Waals surface area (Å²) in [4.78, 5) is 28.2. The summed E-state index contributed by atoms with van der Waals surface area (Å²) in [6, 6.07) is 13.1. The van der Waals surface area contributed by atoms with E-state index in [9.17, 15) is 19.8 Å². The molecule has 0 saturated carbocycles. The van der Waals surface area contributed by atoms with Crippen LogP contribution in [-0.4, -0.2) is 35.1 Å². The van der Waals surface area contributed by atoms with Gasteiger partial charge in [0.05, 0.1) is 29.9 Å². The number of halogens is 2. The number of carbonyl (C=O) groups excluding carboxylic acids is 2. The number of hydrogen-bond donors (Lipinski definition) is 2. The van der Waals surface area contributed by atoms with Gasteiger partial charge in [-0.1, -0.05) is 29.3 Å². The normalized spacial score (nSPS) is 16.8. The molecule has 7 nitrogen and oxygen atoms in total. The highest BCUT2D eigenvalue weighted by atomic mass is 35.5. The van der Waals surface area contributed by atoms with Gasteiger partial charge >= 0.3 is 0 Å². The van der Waals surface area contributed by atoms with Crippen molar-refractivity contribution in [3.05, 3.63) is 86.9 Å². The van der Waals surface area contributed by atoms with Crippen LogP contribution in [0.1, 0.15) is 36.6 Å². The molecule has 0 aromatic heterocycles. The maximum Gasteiger partial charge on any atom is 0.300 e. The molecule has 0 aliphatic carbocycles. The highest BCUT2D eigenvalue weighted by Gasteiger charge is 2.47. The lowest BCUT2D eigenvalue weighted by molar-refractivity contribution is -0.132. The molecule has 1 atom stereocenters. The summed E-state index contributed by atoms with van der Waals surface area (Å²) in [6.45, 7) is 6.02. The van der Waals surface area contributed by atoms with Crippen LogP contribution in [0.15, 0.2) is 60.2 Å². The minimum Gasteiger partial charge on any atom is -0.507 e. The van der Waals surface area contributed by atoms with E-state index in [2.05, 4.69) is 0 Å². The van der Waals surface area contributed by atoms with Gasteiger partial charge in [0.25, 0.3) is 11.7 Å². The molecule has 3 aromatic carbocycles. The van der Waals surface area contributed by atoms with Crippen molar-refractivity contribution in [2.75, 3.05) is 18.1 Å². The number of ketones is 1. The summed E-state index contributed by atoms with van der Waals surface area (Å²) < 4.78 is 11.1. The highest BCUT2D eigenvalue weighted by molar-refractivity contribution is 6.52. The van der Waals surface area contributed by atoms with Crippen molar-refractivity contribution in [3.8, 4) is 17.2 Å². The van der Waals surface area contributed by atoms with E-state index in [1.165, 1.54) is 17.0 Å². The van der Waals surface area contributed by atoms with Crippen molar-refractivity contribution >= 4 is 46.3 Å². The minimum atomic E-state index is -1.05. The number of aryl methyl sites for hydroxylation is 1. The number of phenols is 1. The maximum absolute atomic E-state index is 13.5. The summed E-state index contributed by atoms with van der Waals surface area (Å²) in [5, 5.41) is 22.4. The Morgan fingerprint density at radius 1 is 0.973 bits per heavy atom. The lowest BCUT2D eigenvalue weighted by Crippen LogP contribution is -2.30. The van der Waals surface area contributed by atoms with Crippen molar-refractivity contribution in [1.82, 2.24) is 0 Å². The number of hydrogen-bond acceptors (Lipinski definition) is 6. The Hall–Kier alpha value is -3.68. The Morgan fingerprint density at radius 3 is 2.38 bits per heavy atom. The van der Waals surface area contributed by atoms with E-state index < -0.39 is 23.5 Å². The topological polar surface area (TPSA) is 96.3 Å². The first-order valence-corrected chi connectivity index (χ1v) is 12.4.